The van der Waals surface area contributed by atoms with Crippen LogP contribution >= 0.6 is 0 Å². The van der Waals surface area contributed by atoms with Crippen molar-refractivity contribution in [3.63, 3.8) is 0 Å². The Kier molecular flexibility index (Phi) is 2.15. The van der Waals surface area contributed by atoms with E-state index in [1.54, 1.807) is 6.26 Å². The van der Waals surface area contributed by atoms with Gasteiger partial charge in [-0.25, -0.2) is 0 Å². The lowest BCUT2D eigenvalue weighted by Crippen LogP contribution is -1.83. The van der Waals surface area contributed by atoms with Crippen molar-refractivity contribution in [2.75, 3.05) is 0 Å². The van der Waals surface area contributed by atoms with Crippen LogP contribution in [0.3, 0.4) is 0 Å². The number of nitrogens with zero attached hydrogens (tertiary/aromatic N) is 1. The highest BCUT2D eigenvalue weighted by molar-refractivity contribution is 6.03. The molecule has 2 heteroatoms. The third-order valence-corrected chi connectivity index (χ3v) is 3.37. The van der Waals surface area contributed by atoms with Crippen LogP contribution in [0.1, 0.15) is 16.9 Å². The number of fused-ring (bicyclic) bond motifs is 3. The fourth-order valence-electron chi connectivity index (χ4n) is 2.52. The second-order valence-corrected chi connectivity index (χ2v) is 4.53. The molecule has 1 aromatic carbocycles. The van der Waals surface area contributed by atoms with Crippen molar-refractivity contribution in [2.24, 2.45) is 0 Å². The van der Waals surface area contributed by atoms with Gasteiger partial charge in [-0.05, 0) is 23.8 Å². The summed E-state index contributed by atoms with van der Waals surface area (Å²) in [6.45, 7) is 0. The average molecular weight is 245 g/mol. The van der Waals surface area contributed by atoms with Gasteiger partial charge in [-0.1, -0.05) is 36.4 Å². The predicted molar refractivity (Wildman–Crippen MR) is 75.4 cm³/mol. The van der Waals surface area contributed by atoms with Gasteiger partial charge in [0, 0.05) is 22.9 Å². The van der Waals surface area contributed by atoms with Gasteiger partial charge in [-0.3, -0.25) is 4.98 Å². The van der Waals surface area contributed by atoms with E-state index in [-0.39, 0.29) is 0 Å². The molecule has 0 N–H and O–H groups in total. The Hall–Kier alpha value is -2.61. The molecule has 0 spiro atoms. The smallest absolute Gasteiger partial charge is 0.143 e. The molecule has 0 saturated carbocycles. The van der Waals surface area contributed by atoms with Gasteiger partial charge in [0.15, 0.2) is 0 Å². The lowest BCUT2D eigenvalue weighted by atomic mass is 10.1. The first-order valence-electron chi connectivity index (χ1n) is 6.24. The summed E-state index contributed by atoms with van der Waals surface area (Å²) in [6.07, 6.45) is 5.69. The van der Waals surface area contributed by atoms with Crippen molar-refractivity contribution in [3.8, 4) is 11.3 Å². The third kappa shape index (κ3) is 1.54. The van der Waals surface area contributed by atoms with Crippen LogP contribution in [0.25, 0.3) is 22.9 Å². The largest absolute Gasteiger partial charge is 0.464 e. The van der Waals surface area contributed by atoms with Crippen LogP contribution in [-0.2, 0) is 0 Å². The van der Waals surface area contributed by atoms with E-state index < -0.39 is 0 Å². The van der Waals surface area contributed by atoms with Crippen LogP contribution in [0.5, 0.6) is 0 Å². The third-order valence-electron chi connectivity index (χ3n) is 3.37. The Labute approximate surface area is 111 Å². The van der Waals surface area contributed by atoms with Crippen molar-refractivity contribution in [1.29, 1.82) is 0 Å². The lowest BCUT2D eigenvalue weighted by Gasteiger charge is -2.01. The van der Waals surface area contributed by atoms with Gasteiger partial charge in [0.1, 0.15) is 5.76 Å². The molecule has 0 atom stereocenters. The summed E-state index contributed by atoms with van der Waals surface area (Å²) in [5, 5.41) is 0. The van der Waals surface area contributed by atoms with Gasteiger partial charge >= 0.3 is 0 Å². The molecule has 0 radical (unpaired) electrons. The highest BCUT2D eigenvalue weighted by Crippen LogP contribution is 2.44. The lowest BCUT2D eigenvalue weighted by molar-refractivity contribution is 0.556. The van der Waals surface area contributed by atoms with Crippen molar-refractivity contribution in [3.05, 3.63) is 77.9 Å². The molecule has 0 saturated heterocycles. The molecule has 3 aromatic rings. The molecular formula is C17H11NO. The van der Waals surface area contributed by atoms with Crippen LogP contribution < -0.4 is 0 Å². The number of furan rings is 1. The fraction of sp³-hybridized carbons (Fsp3) is 0. The van der Waals surface area contributed by atoms with E-state index in [2.05, 4.69) is 29.3 Å². The minimum atomic E-state index is 0.914. The molecule has 4 rings (SSSR count). The summed E-state index contributed by atoms with van der Waals surface area (Å²) in [5.41, 5.74) is 5.50. The molecular weight excluding hydrogens is 234 g/mol. The number of aromatic nitrogens is 1. The first kappa shape index (κ1) is 10.3. The van der Waals surface area contributed by atoms with E-state index in [0.29, 0.717) is 0 Å². The maximum Gasteiger partial charge on any atom is 0.143 e. The van der Waals surface area contributed by atoms with Crippen LogP contribution in [0, 0.1) is 0 Å². The summed E-state index contributed by atoms with van der Waals surface area (Å²) >= 11 is 0. The Morgan fingerprint density at radius 3 is 2.68 bits per heavy atom. The van der Waals surface area contributed by atoms with Gasteiger partial charge in [-0.2, -0.15) is 0 Å². The van der Waals surface area contributed by atoms with E-state index >= 15 is 0 Å². The van der Waals surface area contributed by atoms with Crippen LogP contribution in [0.15, 0.2) is 65.4 Å². The maximum absolute atomic E-state index is 5.63. The minimum Gasteiger partial charge on any atom is -0.464 e. The number of benzene rings is 1. The second kappa shape index (κ2) is 3.95. The Morgan fingerprint density at radius 1 is 0.895 bits per heavy atom. The van der Waals surface area contributed by atoms with E-state index in [1.807, 2.05) is 36.5 Å². The van der Waals surface area contributed by atoms with Crippen molar-refractivity contribution >= 4 is 11.6 Å². The first-order chi connectivity index (χ1) is 9.43. The topological polar surface area (TPSA) is 26.0 Å². The fourth-order valence-corrected chi connectivity index (χ4v) is 2.52. The normalized spacial score (nSPS) is 14.4. The highest BCUT2D eigenvalue weighted by Gasteiger charge is 2.27. The summed E-state index contributed by atoms with van der Waals surface area (Å²) in [4.78, 5) is 4.46. The van der Waals surface area contributed by atoms with Gasteiger partial charge in [-0.15, -0.1) is 0 Å². The van der Waals surface area contributed by atoms with Gasteiger partial charge in [0.2, 0.25) is 0 Å². The monoisotopic (exact) mass is 245 g/mol. The van der Waals surface area contributed by atoms with E-state index in [9.17, 15) is 0 Å². The van der Waals surface area contributed by atoms with Gasteiger partial charge in [0.05, 0.1) is 12.0 Å². The zero-order valence-corrected chi connectivity index (χ0v) is 10.2. The number of hydrogen-bond donors (Lipinski definition) is 0. The summed E-state index contributed by atoms with van der Waals surface area (Å²) in [7, 11) is 0. The molecule has 90 valence electrons. The molecule has 0 unspecified atom stereocenters. The molecule has 2 heterocycles. The standard InChI is InChI=1S/C17H11NO/c1-2-5-12(6-3-1)11-15-13-7-4-9-18-16(13)14-8-10-19-17(14)15/h1-11H/b15-11-. The second-order valence-electron chi connectivity index (χ2n) is 4.53. The SMILES string of the molecule is C(=C1\c2cccnc2-c2ccoc21)/c1ccccc1. The van der Waals surface area contributed by atoms with E-state index in [1.165, 1.54) is 0 Å². The van der Waals surface area contributed by atoms with Crippen LogP contribution in [-0.4, -0.2) is 4.98 Å². The van der Waals surface area contributed by atoms with Crippen LogP contribution in [0.4, 0.5) is 0 Å². The van der Waals surface area contributed by atoms with Gasteiger partial charge < -0.3 is 4.42 Å². The zero-order valence-electron chi connectivity index (χ0n) is 10.2. The Morgan fingerprint density at radius 2 is 1.79 bits per heavy atom. The molecule has 1 aliphatic carbocycles. The molecule has 1 aliphatic rings. The van der Waals surface area contributed by atoms with Crippen molar-refractivity contribution in [1.82, 2.24) is 4.98 Å². The highest BCUT2D eigenvalue weighted by atomic mass is 16.3. The minimum absolute atomic E-state index is 0.914. The first-order valence-corrected chi connectivity index (χ1v) is 6.24. The summed E-state index contributed by atoms with van der Waals surface area (Å²) in [5.74, 6) is 0.914. The number of pyridine rings is 1. The number of hydrogen-bond acceptors (Lipinski definition) is 2. The van der Waals surface area contributed by atoms with Crippen molar-refractivity contribution < 1.29 is 4.42 Å². The molecule has 0 fully saturated rings. The number of rotatable bonds is 1. The molecule has 0 aliphatic heterocycles. The molecule has 0 amide bonds. The predicted octanol–water partition coefficient (Wildman–Crippen LogP) is 4.24. The van der Waals surface area contributed by atoms with E-state index in [0.717, 1.165) is 33.7 Å². The van der Waals surface area contributed by atoms with E-state index in [4.69, 9.17) is 4.42 Å². The average Bonchev–Trinajstić information content (AvgIpc) is 3.04. The maximum atomic E-state index is 5.63. The summed E-state index contributed by atoms with van der Waals surface area (Å²) in [6, 6.07) is 16.3. The molecule has 2 nitrogen and oxygen atoms in total. The quantitative estimate of drug-likeness (QED) is 0.501. The summed E-state index contributed by atoms with van der Waals surface area (Å²) < 4.78 is 5.63. The Balaban J connectivity index is 1.97. The molecule has 19 heavy (non-hydrogen) atoms. The van der Waals surface area contributed by atoms with Gasteiger partial charge in [0.25, 0.3) is 0 Å². The molecule has 2 aromatic heterocycles. The Bertz CT molecular complexity index is 769. The van der Waals surface area contributed by atoms with Crippen molar-refractivity contribution in [2.45, 2.75) is 0 Å². The molecule has 0 bridgehead atoms. The zero-order chi connectivity index (χ0) is 12.7. The van der Waals surface area contributed by atoms with Crippen LogP contribution in [0.2, 0.25) is 0 Å².